The molecule has 1 saturated carbocycles. The summed E-state index contributed by atoms with van der Waals surface area (Å²) in [4.78, 5) is 12.0. The van der Waals surface area contributed by atoms with E-state index in [0.717, 1.165) is 0 Å². The number of nitrogens with one attached hydrogen (secondary N) is 1. The van der Waals surface area contributed by atoms with Gasteiger partial charge in [-0.1, -0.05) is 13.8 Å². The molecule has 112 valence electrons. The van der Waals surface area contributed by atoms with Crippen molar-refractivity contribution in [1.29, 1.82) is 0 Å². The minimum Gasteiger partial charge on any atom is -0.387 e. The molecule has 0 unspecified atom stereocenters. The Bertz CT molecular complexity index is 498. The van der Waals surface area contributed by atoms with Crippen LogP contribution in [-0.2, 0) is 11.8 Å². The Morgan fingerprint density at radius 3 is 2.85 bits per heavy atom. The van der Waals surface area contributed by atoms with E-state index in [1.165, 1.54) is 6.20 Å². The first-order valence-corrected chi connectivity index (χ1v) is 6.91. The fraction of sp³-hybridized carbons (Fsp3) is 0.714. The van der Waals surface area contributed by atoms with Crippen molar-refractivity contribution in [3.63, 3.8) is 0 Å². The van der Waals surface area contributed by atoms with Gasteiger partial charge in [-0.2, -0.15) is 5.10 Å². The van der Waals surface area contributed by atoms with Crippen LogP contribution in [0, 0.1) is 5.41 Å². The van der Waals surface area contributed by atoms with E-state index in [1.807, 2.05) is 20.8 Å². The molecule has 1 aromatic rings. The summed E-state index contributed by atoms with van der Waals surface area (Å²) in [6.07, 6.45) is 3.73. The highest BCUT2D eigenvalue weighted by Crippen LogP contribution is 2.50. The zero-order valence-electron chi connectivity index (χ0n) is 12.5. The van der Waals surface area contributed by atoms with Crippen LogP contribution >= 0.6 is 0 Å². The van der Waals surface area contributed by atoms with Crippen molar-refractivity contribution in [2.75, 3.05) is 13.2 Å². The van der Waals surface area contributed by atoms with Crippen molar-refractivity contribution in [3.05, 3.63) is 18.0 Å². The summed E-state index contributed by atoms with van der Waals surface area (Å²) in [5.74, 6) is -0.220. The number of aliphatic hydroxyl groups is 1. The maximum atomic E-state index is 12.0. The lowest BCUT2D eigenvalue weighted by Gasteiger charge is -2.57. The SMILES string of the molecule is CCO[C@H]1C[C@@](O)(CNC(=O)c2cnn(C)c2)C1(C)C. The molecule has 2 rings (SSSR count). The van der Waals surface area contributed by atoms with Gasteiger partial charge in [-0.3, -0.25) is 9.48 Å². The lowest BCUT2D eigenvalue weighted by atomic mass is 9.56. The van der Waals surface area contributed by atoms with E-state index in [-0.39, 0.29) is 24.0 Å². The number of aromatic nitrogens is 2. The molecule has 2 atom stereocenters. The Balaban J connectivity index is 1.93. The molecule has 1 amide bonds. The molecule has 0 radical (unpaired) electrons. The normalized spacial score (nSPS) is 27.9. The Hall–Kier alpha value is -1.40. The fourth-order valence-electron chi connectivity index (χ4n) is 2.63. The molecule has 2 N–H and O–H groups in total. The Morgan fingerprint density at radius 1 is 1.65 bits per heavy atom. The van der Waals surface area contributed by atoms with Crippen LogP contribution in [0.3, 0.4) is 0 Å². The average molecular weight is 281 g/mol. The highest BCUT2D eigenvalue weighted by molar-refractivity contribution is 5.93. The third-order valence-electron chi connectivity index (χ3n) is 4.40. The Morgan fingerprint density at radius 2 is 2.35 bits per heavy atom. The molecule has 6 heteroatoms. The van der Waals surface area contributed by atoms with Gasteiger partial charge in [-0.25, -0.2) is 0 Å². The first-order chi connectivity index (χ1) is 9.30. The quantitative estimate of drug-likeness (QED) is 0.833. The second-order valence-electron chi connectivity index (χ2n) is 5.99. The van der Waals surface area contributed by atoms with Crippen molar-refractivity contribution in [2.24, 2.45) is 12.5 Å². The predicted molar refractivity (Wildman–Crippen MR) is 74.3 cm³/mol. The summed E-state index contributed by atoms with van der Waals surface area (Å²) in [7, 11) is 1.76. The third-order valence-corrected chi connectivity index (χ3v) is 4.40. The van der Waals surface area contributed by atoms with Crippen molar-refractivity contribution in [3.8, 4) is 0 Å². The van der Waals surface area contributed by atoms with Crippen LogP contribution in [-0.4, -0.2) is 45.7 Å². The number of ether oxygens (including phenoxy) is 1. The van der Waals surface area contributed by atoms with Gasteiger partial charge < -0.3 is 15.2 Å². The highest BCUT2D eigenvalue weighted by Gasteiger charge is 2.59. The zero-order valence-corrected chi connectivity index (χ0v) is 12.5. The molecule has 0 aliphatic heterocycles. The summed E-state index contributed by atoms with van der Waals surface area (Å²) < 4.78 is 7.17. The van der Waals surface area contributed by atoms with E-state index >= 15 is 0 Å². The summed E-state index contributed by atoms with van der Waals surface area (Å²) >= 11 is 0. The molecule has 1 aromatic heterocycles. The molecule has 0 saturated heterocycles. The number of carbonyl (C=O) groups excluding carboxylic acids is 1. The van der Waals surface area contributed by atoms with Crippen molar-refractivity contribution < 1.29 is 14.6 Å². The van der Waals surface area contributed by atoms with Crippen LogP contribution < -0.4 is 5.32 Å². The van der Waals surface area contributed by atoms with Crippen molar-refractivity contribution in [1.82, 2.24) is 15.1 Å². The van der Waals surface area contributed by atoms with E-state index in [2.05, 4.69) is 10.4 Å². The second-order valence-corrected chi connectivity index (χ2v) is 5.99. The Kier molecular flexibility index (Phi) is 3.88. The van der Waals surface area contributed by atoms with Gasteiger partial charge in [0.2, 0.25) is 0 Å². The summed E-state index contributed by atoms with van der Waals surface area (Å²) in [5, 5.41) is 17.4. The van der Waals surface area contributed by atoms with E-state index in [4.69, 9.17) is 4.74 Å². The standard InChI is InChI=1S/C14H23N3O3/c1-5-20-11-6-14(19,13(11,2)3)9-15-12(18)10-7-16-17(4)8-10/h7-8,11,19H,5-6,9H2,1-4H3,(H,15,18)/t11-,14+/m0/s1. The van der Waals surface area contributed by atoms with Gasteiger partial charge in [0, 0.05) is 38.2 Å². The molecule has 1 aliphatic rings. The fourth-order valence-corrected chi connectivity index (χ4v) is 2.63. The van der Waals surface area contributed by atoms with Gasteiger partial charge in [0.05, 0.1) is 23.5 Å². The van der Waals surface area contributed by atoms with Gasteiger partial charge in [-0.05, 0) is 6.92 Å². The smallest absolute Gasteiger partial charge is 0.254 e. The predicted octanol–water partition coefficient (Wildman–Crippen LogP) is 0.716. The number of carbonyl (C=O) groups is 1. The number of hydrogen-bond donors (Lipinski definition) is 2. The molecule has 0 bridgehead atoms. The molecule has 1 heterocycles. The molecular formula is C14H23N3O3. The molecule has 1 fully saturated rings. The lowest BCUT2D eigenvalue weighted by molar-refractivity contribution is -0.237. The maximum Gasteiger partial charge on any atom is 0.254 e. The van der Waals surface area contributed by atoms with Crippen molar-refractivity contribution >= 4 is 5.91 Å². The second kappa shape index (κ2) is 5.18. The van der Waals surface area contributed by atoms with Crippen LogP contribution in [0.5, 0.6) is 0 Å². The molecule has 6 nitrogen and oxygen atoms in total. The van der Waals surface area contributed by atoms with Crippen LogP contribution in [0.1, 0.15) is 37.6 Å². The number of amides is 1. The van der Waals surface area contributed by atoms with Crippen LogP contribution in [0.15, 0.2) is 12.4 Å². The molecular weight excluding hydrogens is 258 g/mol. The molecule has 0 spiro atoms. The van der Waals surface area contributed by atoms with Gasteiger partial charge in [-0.15, -0.1) is 0 Å². The third kappa shape index (κ3) is 2.45. The number of nitrogens with zero attached hydrogens (tertiary/aromatic N) is 2. The van der Waals surface area contributed by atoms with E-state index in [0.29, 0.717) is 18.6 Å². The van der Waals surface area contributed by atoms with E-state index in [1.54, 1.807) is 17.9 Å². The summed E-state index contributed by atoms with van der Waals surface area (Å²) in [5.41, 5.74) is -0.801. The monoisotopic (exact) mass is 281 g/mol. The van der Waals surface area contributed by atoms with Gasteiger partial charge in [0.1, 0.15) is 0 Å². The minimum absolute atomic E-state index is 0.0350. The maximum absolute atomic E-state index is 12.0. The van der Waals surface area contributed by atoms with Gasteiger partial charge >= 0.3 is 0 Å². The van der Waals surface area contributed by atoms with Gasteiger partial charge in [0.25, 0.3) is 5.91 Å². The van der Waals surface area contributed by atoms with Crippen LogP contribution in [0.4, 0.5) is 0 Å². The van der Waals surface area contributed by atoms with E-state index < -0.39 is 5.60 Å². The van der Waals surface area contributed by atoms with E-state index in [9.17, 15) is 9.90 Å². The first-order valence-electron chi connectivity index (χ1n) is 6.91. The summed E-state index contributed by atoms with van der Waals surface area (Å²) in [6, 6.07) is 0. The molecule has 20 heavy (non-hydrogen) atoms. The van der Waals surface area contributed by atoms with Crippen molar-refractivity contribution in [2.45, 2.75) is 38.9 Å². The van der Waals surface area contributed by atoms with Crippen LogP contribution in [0.2, 0.25) is 0 Å². The summed E-state index contributed by atoms with van der Waals surface area (Å²) in [6.45, 7) is 6.72. The molecule has 1 aliphatic carbocycles. The number of rotatable bonds is 5. The minimum atomic E-state index is -0.926. The first kappa shape index (κ1) is 15.0. The highest BCUT2D eigenvalue weighted by atomic mass is 16.5. The number of aryl methyl sites for hydroxylation is 1. The largest absolute Gasteiger partial charge is 0.387 e. The Labute approximate surface area is 119 Å². The molecule has 0 aromatic carbocycles. The topological polar surface area (TPSA) is 76.4 Å². The van der Waals surface area contributed by atoms with Gasteiger partial charge in [0.15, 0.2) is 0 Å². The van der Waals surface area contributed by atoms with Crippen LogP contribution in [0.25, 0.3) is 0 Å². The average Bonchev–Trinajstić information content (AvgIpc) is 2.82. The lowest BCUT2D eigenvalue weighted by Crippen LogP contribution is -2.68. The zero-order chi connectivity index (χ0) is 15.0. The number of hydrogen-bond acceptors (Lipinski definition) is 4.